The lowest BCUT2D eigenvalue weighted by molar-refractivity contribution is 0.157. The van der Waals surface area contributed by atoms with Crippen LogP contribution in [-0.4, -0.2) is 15.6 Å². The standard InChI is InChI=1S/C21H30OSi/c1-2-3-9-16-23-21-15-14-20(18-12-7-8-13-19(18)21)22-17-10-5-4-6-11-17/h7-8,12-15,17H,2-6,9-11,16,23H2,1H3. The predicted molar refractivity (Wildman–Crippen MR) is 104 cm³/mol. The van der Waals surface area contributed by atoms with Crippen LogP contribution in [0.25, 0.3) is 10.8 Å². The summed E-state index contributed by atoms with van der Waals surface area (Å²) in [5.74, 6) is 1.11. The third kappa shape index (κ3) is 4.38. The molecule has 0 bridgehead atoms. The number of benzene rings is 2. The Balaban J connectivity index is 1.77. The molecule has 2 aromatic carbocycles. The summed E-state index contributed by atoms with van der Waals surface area (Å²) in [5, 5.41) is 4.40. The van der Waals surface area contributed by atoms with E-state index in [-0.39, 0.29) is 9.52 Å². The van der Waals surface area contributed by atoms with Crippen molar-refractivity contribution in [1.29, 1.82) is 0 Å². The highest BCUT2D eigenvalue weighted by atomic mass is 28.2. The molecule has 23 heavy (non-hydrogen) atoms. The Hall–Kier alpha value is -1.28. The molecule has 0 unspecified atom stereocenters. The zero-order chi connectivity index (χ0) is 15.9. The molecule has 2 aromatic rings. The molecule has 3 rings (SSSR count). The first-order valence-corrected chi connectivity index (χ1v) is 11.3. The molecule has 0 aromatic heterocycles. The van der Waals surface area contributed by atoms with E-state index in [0.717, 1.165) is 5.75 Å². The van der Waals surface area contributed by atoms with Gasteiger partial charge in [-0.25, -0.2) is 0 Å². The Labute approximate surface area is 143 Å². The number of hydrogen-bond donors (Lipinski definition) is 0. The molecule has 0 spiro atoms. The first-order valence-electron chi connectivity index (χ1n) is 9.56. The van der Waals surface area contributed by atoms with Crippen LogP contribution in [0.4, 0.5) is 0 Å². The van der Waals surface area contributed by atoms with Crippen molar-refractivity contribution < 1.29 is 4.74 Å². The maximum absolute atomic E-state index is 6.38. The van der Waals surface area contributed by atoms with Gasteiger partial charge >= 0.3 is 0 Å². The van der Waals surface area contributed by atoms with E-state index in [4.69, 9.17) is 4.74 Å². The van der Waals surface area contributed by atoms with Crippen molar-refractivity contribution in [2.75, 3.05) is 0 Å². The summed E-state index contributed by atoms with van der Waals surface area (Å²) < 4.78 is 6.38. The second kappa shape index (κ2) is 8.54. The van der Waals surface area contributed by atoms with Crippen LogP contribution in [0.1, 0.15) is 58.3 Å². The second-order valence-electron chi connectivity index (χ2n) is 6.96. The van der Waals surface area contributed by atoms with E-state index in [1.807, 2.05) is 0 Å². The highest BCUT2D eigenvalue weighted by molar-refractivity contribution is 6.57. The fraction of sp³-hybridized carbons (Fsp3) is 0.524. The van der Waals surface area contributed by atoms with Gasteiger partial charge in [-0.15, -0.1) is 0 Å². The molecule has 0 heterocycles. The van der Waals surface area contributed by atoms with Gasteiger partial charge in [0.1, 0.15) is 5.75 Å². The summed E-state index contributed by atoms with van der Waals surface area (Å²) in [6, 6.07) is 14.9. The molecule has 1 aliphatic carbocycles. The van der Waals surface area contributed by atoms with Crippen LogP contribution >= 0.6 is 0 Å². The topological polar surface area (TPSA) is 9.23 Å². The molecule has 0 aliphatic heterocycles. The van der Waals surface area contributed by atoms with Gasteiger partial charge < -0.3 is 4.74 Å². The van der Waals surface area contributed by atoms with Gasteiger partial charge in [0.2, 0.25) is 0 Å². The number of unbranched alkanes of at least 4 members (excludes halogenated alkanes) is 2. The maximum atomic E-state index is 6.38. The van der Waals surface area contributed by atoms with Crippen LogP contribution in [0.3, 0.4) is 0 Å². The van der Waals surface area contributed by atoms with Crippen molar-refractivity contribution in [3.63, 3.8) is 0 Å². The average Bonchev–Trinajstić information content (AvgIpc) is 2.61. The number of rotatable bonds is 7. The second-order valence-corrected chi connectivity index (χ2v) is 8.93. The van der Waals surface area contributed by atoms with Crippen molar-refractivity contribution in [2.24, 2.45) is 0 Å². The minimum absolute atomic E-state index is 0.156. The predicted octanol–water partition coefficient (Wildman–Crippen LogP) is 4.95. The Morgan fingerprint density at radius 3 is 2.52 bits per heavy atom. The Bertz CT molecular complexity index is 616. The quantitative estimate of drug-likeness (QED) is 0.516. The molecule has 1 saturated carbocycles. The molecule has 124 valence electrons. The average molecular weight is 327 g/mol. The minimum atomic E-state index is -0.156. The van der Waals surface area contributed by atoms with Gasteiger partial charge in [0.25, 0.3) is 0 Å². The fourth-order valence-electron chi connectivity index (χ4n) is 3.76. The van der Waals surface area contributed by atoms with Gasteiger partial charge in [-0.3, -0.25) is 0 Å². The monoisotopic (exact) mass is 326 g/mol. The number of ether oxygens (including phenoxy) is 1. The van der Waals surface area contributed by atoms with E-state index in [0.29, 0.717) is 6.10 Å². The highest BCUT2D eigenvalue weighted by Crippen LogP contribution is 2.29. The molecule has 0 saturated heterocycles. The van der Waals surface area contributed by atoms with Crippen molar-refractivity contribution >= 4 is 25.5 Å². The van der Waals surface area contributed by atoms with Crippen LogP contribution < -0.4 is 9.92 Å². The normalized spacial score (nSPS) is 16.4. The summed E-state index contributed by atoms with van der Waals surface area (Å²) in [5.41, 5.74) is 0. The zero-order valence-electron chi connectivity index (χ0n) is 14.5. The Morgan fingerprint density at radius 2 is 1.74 bits per heavy atom. The molecule has 0 radical (unpaired) electrons. The molecule has 0 atom stereocenters. The molecular formula is C21H30OSi. The largest absolute Gasteiger partial charge is 0.490 e. The lowest BCUT2D eigenvalue weighted by Gasteiger charge is -2.24. The molecular weight excluding hydrogens is 296 g/mol. The maximum Gasteiger partial charge on any atom is 0.127 e. The lowest BCUT2D eigenvalue weighted by atomic mass is 9.97. The van der Waals surface area contributed by atoms with E-state index in [1.54, 1.807) is 5.19 Å². The van der Waals surface area contributed by atoms with Crippen molar-refractivity contribution in [2.45, 2.75) is 70.4 Å². The van der Waals surface area contributed by atoms with Gasteiger partial charge in [-0.05, 0) is 37.1 Å². The van der Waals surface area contributed by atoms with Crippen LogP contribution in [-0.2, 0) is 0 Å². The molecule has 1 nitrogen and oxygen atoms in total. The van der Waals surface area contributed by atoms with Gasteiger partial charge in [0, 0.05) is 5.39 Å². The summed E-state index contributed by atoms with van der Waals surface area (Å²) >= 11 is 0. The first-order chi connectivity index (χ1) is 11.4. The van der Waals surface area contributed by atoms with Crippen LogP contribution in [0.5, 0.6) is 5.75 Å². The minimum Gasteiger partial charge on any atom is -0.490 e. The number of hydrogen-bond acceptors (Lipinski definition) is 1. The molecule has 1 aliphatic rings. The number of fused-ring (bicyclic) bond motifs is 1. The van der Waals surface area contributed by atoms with Gasteiger partial charge in [0.05, 0.1) is 15.6 Å². The fourth-order valence-corrected chi connectivity index (χ4v) is 5.61. The van der Waals surface area contributed by atoms with E-state index < -0.39 is 0 Å². The third-order valence-corrected chi connectivity index (χ3v) is 7.13. The third-order valence-electron chi connectivity index (χ3n) is 5.12. The van der Waals surface area contributed by atoms with Crippen LogP contribution in [0.15, 0.2) is 36.4 Å². The smallest absolute Gasteiger partial charge is 0.127 e. The van der Waals surface area contributed by atoms with E-state index in [2.05, 4.69) is 43.3 Å². The SMILES string of the molecule is CCCCC[SiH2]c1ccc(OC2CCCCC2)c2ccccc12. The molecule has 0 N–H and O–H groups in total. The molecule has 1 fully saturated rings. The highest BCUT2D eigenvalue weighted by Gasteiger charge is 2.16. The van der Waals surface area contributed by atoms with Gasteiger partial charge in [-0.1, -0.05) is 74.2 Å². The zero-order valence-corrected chi connectivity index (χ0v) is 15.9. The van der Waals surface area contributed by atoms with Crippen molar-refractivity contribution in [3.8, 4) is 5.75 Å². The lowest BCUT2D eigenvalue weighted by Crippen LogP contribution is -2.21. The summed E-state index contributed by atoms with van der Waals surface area (Å²) in [6.45, 7) is 2.29. The van der Waals surface area contributed by atoms with Gasteiger partial charge in [-0.2, -0.15) is 0 Å². The van der Waals surface area contributed by atoms with Gasteiger partial charge in [0.15, 0.2) is 0 Å². The van der Waals surface area contributed by atoms with E-state index in [1.165, 1.54) is 68.2 Å². The van der Waals surface area contributed by atoms with E-state index >= 15 is 0 Å². The van der Waals surface area contributed by atoms with Crippen LogP contribution in [0, 0.1) is 0 Å². The van der Waals surface area contributed by atoms with Crippen molar-refractivity contribution in [3.05, 3.63) is 36.4 Å². The summed E-state index contributed by atoms with van der Waals surface area (Å²) in [7, 11) is -0.156. The Kier molecular flexibility index (Phi) is 6.15. The first kappa shape index (κ1) is 16.6. The Morgan fingerprint density at radius 1 is 0.957 bits per heavy atom. The van der Waals surface area contributed by atoms with Crippen molar-refractivity contribution in [1.82, 2.24) is 0 Å². The molecule has 2 heteroatoms. The van der Waals surface area contributed by atoms with E-state index in [9.17, 15) is 0 Å². The summed E-state index contributed by atoms with van der Waals surface area (Å²) in [4.78, 5) is 0. The van der Waals surface area contributed by atoms with Crippen LogP contribution in [0.2, 0.25) is 6.04 Å². The summed E-state index contributed by atoms with van der Waals surface area (Å²) in [6.07, 6.45) is 11.0. The molecule has 0 amide bonds.